The van der Waals surface area contributed by atoms with E-state index in [1.54, 1.807) is 6.92 Å². The summed E-state index contributed by atoms with van der Waals surface area (Å²) in [7, 11) is 0. The Morgan fingerprint density at radius 1 is 0.909 bits per heavy atom. The molecule has 4 heteroatoms. The first-order chi connectivity index (χ1) is 15.5. The average Bonchev–Trinajstić information content (AvgIpc) is 3.09. The molecule has 190 valence electrons. The van der Waals surface area contributed by atoms with Gasteiger partial charge < -0.3 is 4.74 Å². The van der Waals surface area contributed by atoms with Gasteiger partial charge in [0.1, 0.15) is 6.10 Å². The highest BCUT2D eigenvalue weighted by atomic mass is 79.9. The normalized spacial score (nSPS) is 48.0. The molecule has 0 aromatic heterocycles. The van der Waals surface area contributed by atoms with E-state index in [4.69, 9.17) is 4.74 Å². The molecule has 0 bridgehead atoms. The van der Waals surface area contributed by atoms with Crippen LogP contribution >= 0.6 is 31.9 Å². The van der Waals surface area contributed by atoms with Crippen LogP contribution in [0.4, 0.5) is 0 Å². The van der Waals surface area contributed by atoms with Crippen LogP contribution < -0.4 is 0 Å². The summed E-state index contributed by atoms with van der Waals surface area (Å²) in [5.74, 6) is 5.46. The van der Waals surface area contributed by atoms with Crippen LogP contribution in [0.1, 0.15) is 106 Å². The highest BCUT2D eigenvalue weighted by Crippen LogP contribution is 2.70. The number of fused-ring (bicyclic) bond motifs is 5. The van der Waals surface area contributed by atoms with Gasteiger partial charge in [0.15, 0.2) is 0 Å². The minimum atomic E-state index is -0.119. The van der Waals surface area contributed by atoms with Crippen LogP contribution in [0.2, 0.25) is 0 Å². The molecule has 0 heterocycles. The summed E-state index contributed by atoms with van der Waals surface area (Å²) in [6.45, 7) is 14.1. The second-order valence-electron chi connectivity index (χ2n) is 13.3. The molecule has 0 saturated heterocycles. The first kappa shape index (κ1) is 26.5. The van der Waals surface area contributed by atoms with E-state index in [1.807, 2.05) is 0 Å². The molecule has 33 heavy (non-hydrogen) atoms. The van der Waals surface area contributed by atoms with Crippen molar-refractivity contribution in [3.05, 3.63) is 0 Å². The number of rotatable bonds is 6. The lowest BCUT2D eigenvalue weighted by Crippen LogP contribution is -2.61. The fourth-order valence-corrected chi connectivity index (χ4v) is 11.8. The van der Waals surface area contributed by atoms with Gasteiger partial charge in [-0.3, -0.25) is 4.79 Å². The highest BCUT2D eigenvalue weighted by Gasteiger charge is 2.64. The molecule has 0 radical (unpaired) electrons. The van der Waals surface area contributed by atoms with E-state index < -0.39 is 0 Å². The lowest BCUT2D eigenvalue weighted by Gasteiger charge is -2.64. The van der Waals surface area contributed by atoms with Gasteiger partial charge in [-0.2, -0.15) is 0 Å². The Bertz CT molecular complexity index is 710. The van der Waals surface area contributed by atoms with Crippen molar-refractivity contribution >= 4 is 37.8 Å². The van der Waals surface area contributed by atoms with Crippen LogP contribution in [0, 0.1) is 52.3 Å². The zero-order valence-corrected chi connectivity index (χ0v) is 25.1. The summed E-state index contributed by atoms with van der Waals surface area (Å²) in [5.41, 5.74) is 0.872. The molecule has 2 nitrogen and oxygen atoms in total. The average molecular weight is 589 g/mol. The summed E-state index contributed by atoms with van der Waals surface area (Å²) in [4.78, 5) is 12.6. The lowest BCUT2D eigenvalue weighted by atomic mass is 9.44. The molecule has 4 aliphatic rings. The Balaban J connectivity index is 1.52. The van der Waals surface area contributed by atoms with E-state index in [-0.39, 0.29) is 12.1 Å². The Labute approximate surface area is 220 Å². The fraction of sp³-hybridized carbons (Fsp3) is 0.966. The Morgan fingerprint density at radius 3 is 2.24 bits per heavy atom. The number of carbonyl (C=O) groups excluding carboxylic acids is 1. The molecule has 0 unspecified atom stereocenters. The minimum absolute atomic E-state index is 0.105. The molecular formula is C29H48Br2O2. The van der Waals surface area contributed by atoms with Crippen molar-refractivity contribution in [2.24, 2.45) is 52.3 Å². The van der Waals surface area contributed by atoms with Crippen molar-refractivity contribution < 1.29 is 9.53 Å². The second kappa shape index (κ2) is 10.1. The van der Waals surface area contributed by atoms with Crippen LogP contribution in [0.15, 0.2) is 0 Å². The largest absolute Gasteiger partial charge is 0.463 e. The molecule has 0 aromatic rings. The van der Waals surface area contributed by atoms with Gasteiger partial charge >= 0.3 is 5.97 Å². The lowest BCUT2D eigenvalue weighted by molar-refractivity contribution is -0.158. The van der Waals surface area contributed by atoms with E-state index in [0.717, 1.165) is 48.3 Å². The molecule has 0 amide bonds. The third-order valence-corrected chi connectivity index (χ3v) is 14.2. The van der Waals surface area contributed by atoms with Crippen molar-refractivity contribution in [2.45, 2.75) is 122 Å². The third-order valence-electron chi connectivity index (χ3n) is 11.1. The van der Waals surface area contributed by atoms with Gasteiger partial charge in [0.05, 0.1) is 0 Å². The van der Waals surface area contributed by atoms with E-state index in [9.17, 15) is 4.79 Å². The number of alkyl halides is 2. The highest BCUT2D eigenvalue weighted by molar-refractivity contribution is 9.12. The van der Waals surface area contributed by atoms with Gasteiger partial charge in [-0.25, -0.2) is 0 Å². The maximum atomic E-state index is 11.6. The Kier molecular flexibility index (Phi) is 8.08. The zero-order valence-electron chi connectivity index (χ0n) is 21.9. The van der Waals surface area contributed by atoms with Crippen molar-refractivity contribution in [1.29, 1.82) is 0 Å². The number of hydrogen-bond donors (Lipinski definition) is 0. The molecule has 0 aliphatic heterocycles. The van der Waals surface area contributed by atoms with Gasteiger partial charge in [0.25, 0.3) is 0 Å². The first-order valence-electron chi connectivity index (χ1n) is 13.9. The molecule has 4 saturated carbocycles. The number of esters is 1. The fourth-order valence-electron chi connectivity index (χ4n) is 9.49. The molecule has 11 atom stereocenters. The third kappa shape index (κ3) is 4.76. The Morgan fingerprint density at radius 2 is 1.58 bits per heavy atom. The van der Waals surface area contributed by atoms with Crippen molar-refractivity contribution in [1.82, 2.24) is 0 Å². The van der Waals surface area contributed by atoms with Gasteiger partial charge in [0.2, 0.25) is 0 Å². The summed E-state index contributed by atoms with van der Waals surface area (Å²) in [6.07, 6.45) is 13.2. The van der Waals surface area contributed by atoms with Gasteiger partial charge in [-0.1, -0.05) is 85.7 Å². The smallest absolute Gasteiger partial charge is 0.302 e. The van der Waals surface area contributed by atoms with Crippen molar-refractivity contribution in [2.75, 3.05) is 0 Å². The van der Waals surface area contributed by atoms with Crippen molar-refractivity contribution in [3.63, 3.8) is 0 Å². The number of halogens is 2. The van der Waals surface area contributed by atoms with E-state index >= 15 is 0 Å². The molecule has 0 N–H and O–H groups in total. The Hall–Kier alpha value is 0.430. The topological polar surface area (TPSA) is 26.3 Å². The molecule has 4 rings (SSSR count). The maximum absolute atomic E-state index is 11.6. The maximum Gasteiger partial charge on any atom is 0.302 e. The second-order valence-corrected chi connectivity index (χ2v) is 15.4. The molecule has 0 aromatic carbocycles. The molecule has 0 spiro atoms. The molecule has 4 fully saturated rings. The van der Waals surface area contributed by atoms with Crippen LogP contribution in [-0.2, 0) is 9.53 Å². The zero-order chi connectivity index (χ0) is 24.1. The minimum Gasteiger partial charge on any atom is -0.463 e. The standard InChI is InChI=1S/C29H48Br2O2/c1-17(2)8-7-9-18(3)21-10-11-22-25-23(13-15-28(21,22)5)29(6)14-12-20(33-19(4)32)16-24(29)26(30)27(25)31/h17-18,20-27H,7-16H2,1-6H3/t18-,20+,21-,22+,23+,24-,25+,26+,27+,28-,29-/m1/s1. The van der Waals surface area contributed by atoms with Crippen LogP contribution in [0.25, 0.3) is 0 Å². The van der Waals surface area contributed by atoms with Crippen LogP contribution in [-0.4, -0.2) is 21.7 Å². The quantitative estimate of drug-likeness (QED) is 0.229. The van der Waals surface area contributed by atoms with E-state index in [0.29, 0.717) is 26.4 Å². The summed E-state index contributed by atoms with van der Waals surface area (Å²) in [6, 6.07) is 0. The SMILES string of the molecule is CC(=O)O[C@H]1CC[C@@]2(C)[C@H](C1)[C@H](Br)[C@@H](Br)[C@@H]1[C@@H]2CC[C@]2(C)[C@@H]([C@H](C)CCCC(C)C)CC[C@@H]12. The van der Waals surface area contributed by atoms with Gasteiger partial charge in [-0.05, 0) is 97.2 Å². The summed E-state index contributed by atoms with van der Waals surface area (Å²) in [5, 5.41) is 0. The summed E-state index contributed by atoms with van der Waals surface area (Å²) < 4.78 is 5.70. The number of hydrogen-bond acceptors (Lipinski definition) is 2. The van der Waals surface area contributed by atoms with Crippen LogP contribution in [0.5, 0.6) is 0 Å². The predicted octanol–water partition coefficient (Wildman–Crippen LogP) is 8.79. The first-order valence-corrected chi connectivity index (χ1v) is 15.8. The number of ether oxygens (including phenoxy) is 1. The molecule has 4 aliphatic carbocycles. The van der Waals surface area contributed by atoms with Crippen molar-refractivity contribution in [3.8, 4) is 0 Å². The summed E-state index contributed by atoms with van der Waals surface area (Å²) >= 11 is 8.48. The number of carbonyl (C=O) groups is 1. The van der Waals surface area contributed by atoms with Gasteiger partial charge in [-0.15, -0.1) is 0 Å². The van der Waals surface area contributed by atoms with E-state index in [1.165, 1.54) is 51.4 Å². The predicted molar refractivity (Wildman–Crippen MR) is 145 cm³/mol. The van der Waals surface area contributed by atoms with E-state index in [2.05, 4.69) is 66.5 Å². The monoisotopic (exact) mass is 586 g/mol. The molecular weight excluding hydrogens is 540 g/mol. The van der Waals surface area contributed by atoms with Gasteiger partial charge in [0, 0.05) is 16.6 Å². The van der Waals surface area contributed by atoms with Crippen LogP contribution in [0.3, 0.4) is 0 Å².